The van der Waals surface area contributed by atoms with Crippen LogP contribution < -0.4 is 10.2 Å². The summed E-state index contributed by atoms with van der Waals surface area (Å²) in [7, 11) is -3.25. The Kier molecular flexibility index (Phi) is 8.54. The molecule has 0 atom stereocenters. The number of carbonyl (C=O) groups is 1. The number of sulfone groups is 1. The Balaban J connectivity index is 1.21. The smallest absolute Gasteiger partial charge is 0.322 e. The summed E-state index contributed by atoms with van der Waals surface area (Å²) < 4.78 is 24.3. The predicted molar refractivity (Wildman–Crippen MR) is 174 cm³/mol. The molecule has 1 N–H and O–H groups in total. The zero-order valence-corrected chi connectivity index (χ0v) is 26.6. The van der Waals surface area contributed by atoms with Gasteiger partial charge in [0, 0.05) is 36.7 Å². The van der Waals surface area contributed by atoms with Crippen molar-refractivity contribution in [1.29, 1.82) is 5.26 Å². The Morgan fingerprint density at radius 1 is 1.00 bits per heavy atom. The number of hydrogen-bond acceptors (Lipinski definition) is 5. The fourth-order valence-corrected chi connectivity index (χ4v) is 8.19. The van der Waals surface area contributed by atoms with E-state index in [2.05, 4.69) is 59.6 Å². The van der Waals surface area contributed by atoms with Crippen LogP contribution in [0.2, 0.25) is 0 Å². The van der Waals surface area contributed by atoms with E-state index in [9.17, 15) is 18.5 Å². The van der Waals surface area contributed by atoms with Gasteiger partial charge in [-0.3, -0.25) is 9.80 Å². The highest BCUT2D eigenvalue weighted by molar-refractivity contribution is 7.91. The van der Waals surface area contributed by atoms with Crippen molar-refractivity contribution in [2.75, 3.05) is 30.3 Å². The molecular formula is C36H42N4O3S. The predicted octanol–water partition coefficient (Wildman–Crippen LogP) is 6.73. The number of amides is 2. The lowest BCUT2D eigenvalue weighted by Crippen LogP contribution is -2.41. The molecule has 7 nitrogen and oxygen atoms in total. The number of rotatable bonds is 7. The van der Waals surface area contributed by atoms with Crippen molar-refractivity contribution in [3.05, 3.63) is 82.9 Å². The van der Waals surface area contributed by atoms with Crippen molar-refractivity contribution in [2.45, 2.75) is 75.8 Å². The van der Waals surface area contributed by atoms with Gasteiger partial charge in [-0.2, -0.15) is 5.26 Å². The highest BCUT2D eigenvalue weighted by atomic mass is 32.2. The van der Waals surface area contributed by atoms with Gasteiger partial charge in [-0.05, 0) is 109 Å². The standard InChI is InChI=1S/C36H42N4O3S/c1-3-44(42,43)31-11-8-28(9-12-31)23-38-35(41)40-25-36(16-4-5-17-36)33-21-30(10-13-34(33)40)32-20-29(7-6-26(32)2)24-39-18-14-27(22-37)15-19-39/h6-13,20-21,27H,3-5,14-19,23-25H2,1-2H3,(H,38,41). The van der Waals surface area contributed by atoms with Gasteiger partial charge in [-0.25, -0.2) is 13.2 Å². The van der Waals surface area contributed by atoms with Crippen LogP contribution in [-0.4, -0.2) is 44.7 Å². The second-order valence-corrected chi connectivity index (χ2v) is 15.1. The minimum atomic E-state index is -3.25. The number of carbonyl (C=O) groups excluding carboxylic acids is 1. The minimum Gasteiger partial charge on any atom is -0.334 e. The number of urea groups is 1. The summed E-state index contributed by atoms with van der Waals surface area (Å²) in [5.41, 5.74) is 8.08. The Morgan fingerprint density at radius 3 is 2.39 bits per heavy atom. The Labute approximate surface area is 261 Å². The number of hydrogen-bond donors (Lipinski definition) is 1. The first-order valence-electron chi connectivity index (χ1n) is 15.9. The maximum atomic E-state index is 13.6. The number of nitrogens with one attached hydrogen (secondary N) is 1. The number of nitrogens with zero attached hydrogens (tertiary/aromatic N) is 3. The summed E-state index contributed by atoms with van der Waals surface area (Å²) in [4.78, 5) is 18.2. The van der Waals surface area contributed by atoms with Crippen LogP contribution in [0.25, 0.3) is 11.1 Å². The molecule has 1 aliphatic carbocycles. The molecule has 1 spiro atoms. The quantitative estimate of drug-likeness (QED) is 0.320. The lowest BCUT2D eigenvalue weighted by Gasteiger charge is -2.29. The van der Waals surface area contributed by atoms with E-state index in [1.54, 1.807) is 31.2 Å². The van der Waals surface area contributed by atoms with Crippen LogP contribution in [0.15, 0.2) is 65.6 Å². The van der Waals surface area contributed by atoms with E-state index in [4.69, 9.17) is 0 Å². The number of fused-ring (bicyclic) bond motifs is 2. The first-order valence-corrected chi connectivity index (χ1v) is 17.6. The lowest BCUT2D eigenvalue weighted by molar-refractivity contribution is 0.198. The van der Waals surface area contributed by atoms with Crippen LogP contribution in [0.1, 0.15) is 67.7 Å². The molecular weight excluding hydrogens is 568 g/mol. The molecule has 0 bridgehead atoms. The van der Waals surface area contributed by atoms with Gasteiger partial charge in [0.25, 0.3) is 0 Å². The highest BCUT2D eigenvalue weighted by Gasteiger charge is 2.46. The van der Waals surface area contributed by atoms with Crippen LogP contribution in [0.4, 0.5) is 10.5 Å². The maximum Gasteiger partial charge on any atom is 0.322 e. The van der Waals surface area contributed by atoms with E-state index in [1.807, 2.05) is 4.90 Å². The summed E-state index contributed by atoms with van der Waals surface area (Å²) in [5, 5.41) is 12.3. The number of likely N-dealkylation sites (tertiary alicyclic amines) is 1. The fourth-order valence-electron chi connectivity index (χ4n) is 7.31. The van der Waals surface area contributed by atoms with Crippen LogP contribution in [-0.2, 0) is 28.3 Å². The average Bonchev–Trinajstić information content (AvgIpc) is 3.66. The van der Waals surface area contributed by atoms with Crippen molar-refractivity contribution in [3.8, 4) is 17.2 Å². The normalized spacial score (nSPS) is 18.3. The molecule has 1 saturated carbocycles. The van der Waals surface area contributed by atoms with Crippen molar-refractivity contribution in [2.24, 2.45) is 5.92 Å². The zero-order valence-electron chi connectivity index (χ0n) is 25.8. The third-order valence-electron chi connectivity index (χ3n) is 10.0. The molecule has 44 heavy (non-hydrogen) atoms. The number of aryl methyl sites for hydroxylation is 1. The van der Waals surface area contributed by atoms with Crippen molar-refractivity contribution >= 4 is 21.6 Å². The Morgan fingerprint density at radius 2 is 1.70 bits per heavy atom. The zero-order chi connectivity index (χ0) is 30.9. The molecule has 2 heterocycles. The molecule has 2 aliphatic heterocycles. The maximum absolute atomic E-state index is 13.6. The summed E-state index contributed by atoms with van der Waals surface area (Å²) in [5.74, 6) is 0.253. The van der Waals surface area contributed by atoms with Gasteiger partial charge in [0.1, 0.15) is 0 Å². The molecule has 2 amide bonds. The number of nitriles is 1. The first kappa shape index (κ1) is 30.4. The largest absolute Gasteiger partial charge is 0.334 e. The highest BCUT2D eigenvalue weighted by Crippen LogP contribution is 2.51. The molecule has 0 radical (unpaired) electrons. The van der Waals surface area contributed by atoms with Crippen LogP contribution >= 0.6 is 0 Å². The van der Waals surface area contributed by atoms with E-state index < -0.39 is 9.84 Å². The van der Waals surface area contributed by atoms with Gasteiger partial charge in [0.05, 0.1) is 16.7 Å². The molecule has 6 rings (SSSR count). The van der Waals surface area contributed by atoms with Gasteiger partial charge in [0.2, 0.25) is 0 Å². The molecule has 2 fully saturated rings. The van der Waals surface area contributed by atoms with Crippen molar-refractivity contribution in [1.82, 2.24) is 10.2 Å². The second-order valence-electron chi connectivity index (χ2n) is 12.8. The monoisotopic (exact) mass is 610 g/mol. The molecule has 8 heteroatoms. The lowest BCUT2D eigenvalue weighted by atomic mass is 9.79. The number of piperidine rings is 1. The van der Waals surface area contributed by atoms with E-state index in [0.717, 1.165) is 56.6 Å². The van der Waals surface area contributed by atoms with Gasteiger partial charge in [0.15, 0.2) is 9.84 Å². The summed E-state index contributed by atoms with van der Waals surface area (Å²) in [6.07, 6.45) is 6.40. The van der Waals surface area contributed by atoms with E-state index >= 15 is 0 Å². The van der Waals surface area contributed by atoms with E-state index in [0.29, 0.717) is 18.0 Å². The van der Waals surface area contributed by atoms with Gasteiger partial charge in [-0.15, -0.1) is 0 Å². The first-order chi connectivity index (χ1) is 21.2. The second kappa shape index (κ2) is 12.4. The molecule has 0 aromatic heterocycles. The molecule has 230 valence electrons. The minimum absolute atomic E-state index is 0.0184. The van der Waals surface area contributed by atoms with E-state index in [-0.39, 0.29) is 23.1 Å². The summed E-state index contributed by atoms with van der Waals surface area (Å²) in [6, 6.07) is 22.5. The van der Waals surface area contributed by atoms with Crippen LogP contribution in [0.5, 0.6) is 0 Å². The molecule has 3 aromatic rings. The molecule has 1 saturated heterocycles. The van der Waals surface area contributed by atoms with Gasteiger partial charge >= 0.3 is 6.03 Å². The fraction of sp³-hybridized carbons (Fsp3) is 0.444. The van der Waals surface area contributed by atoms with Crippen LogP contribution in [0, 0.1) is 24.2 Å². The molecule has 3 aliphatic rings. The van der Waals surface area contributed by atoms with E-state index in [1.165, 1.54) is 40.7 Å². The number of benzene rings is 3. The van der Waals surface area contributed by atoms with Crippen LogP contribution in [0.3, 0.4) is 0 Å². The Bertz CT molecular complexity index is 1680. The topological polar surface area (TPSA) is 93.5 Å². The average molecular weight is 611 g/mol. The summed E-state index contributed by atoms with van der Waals surface area (Å²) in [6.45, 7) is 7.65. The molecule has 0 unspecified atom stereocenters. The van der Waals surface area contributed by atoms with Gasteiger partial charge in [-0.1, -0.05) is 50.1 Å². The number of anilines is 1. The third-order valence-corrected chi connectivity index (χ3v) is 11.8. The Hall–Kier alpha value is -3.67. The SMILES string of the molecule is CCS(=O)(=O)c1ccc(CNC(=O)N2CC3(CCCC3)c3cc(-c4cc(CN5CCC(C#N)CC5)ccc4C)ccc32)cc1. The van der Waals surface area contributed by atoms with Crippen molar-refractivity contribution < 1.29 is 13.2 Å². The third kappa shape index (κ3) is 6.00. The summed E-state index contributed by atoms with van der Waals surface area (Å²) >= 11 is 0. The van der Waals surface area contributed by atoms with Gasteiger partial charge < -0.3 is 5.32 Å². The molecule has 3 aromatic carbocycles. The van der Waals surface area contributed by atoms with Crippen molar-refractivity contribution in [3.63, 3.8) is 0 Å².